The average Bonchev–Trinajstić information content (AvgIpc) is 3.06. The van der Waals surface area contributed by atoms with Gasteiger partial charge < -0.3 is 9.84 Å². The van der Waals surface area contributed by atoms with Crippen LogP contribution in [0.2, 0.25) is 0 Å². The van der Waals surface area contributed by atoms with Crippen molar-refractivity contribution < 1.29 is 9.32 Å². The highest BCUT2D eigenvalue weighted by atomic mass is 32.2. The molecule has 1 saturated carbocycles. The van der Waals surface area contributed by atoms with Gasteiger partial charge in [0.15, 0.2) is 0 Å². The maximum Gasteiger partial charge on any atom is 0.236 e. The molecule has 1 aromatic carbocycles. The first-order valence-corrected chi connectivity index (χ1v) is 10.0. The Morgan fingerprint density at radius 2 is 2.04 bits per heavy atom. The summed E-state index contributed by atoms with van der Waals surface area (Å²) in [6, 6.07) is 8.34. The molecule has 1 fully saturated rings. The van der Waals surface area contributed by atoms with E-state index < -0.39 is 0 Å². The number of carbonyl (C=O) groups is 1. The number of aromatic nitrogens is 2. The number of aryl methyl sites for hydroxylation is 1. The zero-order valence-corrected chi connectivity index (χ0v) is 15.6. The number of thioether (sulfide) groups is 1. The summed E-state index contributed by atoms with van der Waals surface area (Å²) in [5.74, 6) is 2.80. The maximum absolute atomic E-state index is 12.1. The quantitative estimate of drug-likeness (QED) is 0.845. The molecule has 1 N–H and O–H groups in total. The van der Waals surface area contributed by atoms with Crippen LogP contribution in [0.25, 0.3) is 11.4 Å². The highest BCUT2D eigenvalue weighted by Gasteiger charge is 2.22. The zero-order valence-electron chi connectivity index (χ0n) is 14.8. The van der Waals surface area contributed by atoms with E-state index in [0.717, 1.165) is 12.0 Å². The van der Waals surface area contributed by atoms with Crippen molar-refractivity contribution in [3.8, 4) is 11.4 Å². The van der Waals surface area contributed by atoms with Gasteiger partial charge in [-0.25, -0.2) is 0 Å². The van der Waals surface area contributed by atoms with E-state index in [9.17, 15) is 4.79 Å². The van der Waals surface area contributed by atoms with E-state index in [4.69, 9.17) is 4.52 Å². The number of carbonyl (C=O) groups excluding carboxylic acids is 1. The molecular weight excluding hydrogens is 334 g/mol. The monoisotopic (exact) mass is 359 g/mol. The normalized spacial score (nSPS) is 20.4. The molecule has 3 rings (SSSR count). The van der Waals surface area contributed by atoms with Gasteiger partial charge in [-0.05, 0) is 25.7 Å². The molecule has 5 nitrogen and oxygen atoms in total. The van der Waals surface area contributed by atoms with E-state index in [1.807, 2.05) is 31.2 Å². The molecule has 1 amide bonds. The van der Waals surface area contributed by atoms with E-state index in [0.29, 0.717) is 35.2 Å². The number of hydrogen-bond acceptors (Lipinski definition) is 5. The lowest BCUT2D eigenvalue weighted by molar-refractivity contribution is -0.119. The topological polar surface area (TPSA) is 68.0 Å². The van der Waals surface area contributed by atoms with Gasteiger partial charge in [-0.2, -0.15) is 4.98 Å². The Kier molecular flexibility index (Phi) is 6.13. The van der Waals surface area contributed by atoms with Crippen molar-refractivity contribution in [2.45, 2.75) is 51.3 Å². The number of amides is 1. The van der Waals surface area contributed by atoms with Crippen molar-refractivity contribution in [2.75, 3.05) is 5.75 Å². The lowest BCUT2D eigenvalue weighted by Gasteiger charge is -2.29. The van der Waals surface area contributed by atoms with Crippen LogP contribution in [0.1, 0.15) is 44.1 Å². The lowest BCUT2D eigenvalue weighted by Crippen LogP contribution is -2.41. The van der Waals surface area contributed by atoms with E-state index in [1.165, 1.54) is 36.6 Å². The number of nitrogens with one attached hydrogen (secondary N) is 1. The molecule has 0 spiro atoms. The number of nitrogens with zero attached hydrogens (tertiary/aromatic N) is 2. The summed E-state index contributed by atoms with van der Waals surface area (Å²) in [6.45, 7) is 4.27. The van der Waals surface area contributed by atoms with E-state index >= 15 is 0 Å². The molecule has 2 atom stereocenters. The molecule has 0 radical (unpaired) electrons. The highest BCUT2D eigenvalue weighted by molar-refractivity contribution is 7.99. The van der Waals surface area contributed by atoms with Gasteiger partial charge in [0, 0.05) is 11.6 Å². The molecule has 134 valence electrons. The van der Waals surface area contributed by atoms with Crippen LogP contribution in [0.5, 0.6) is 0 Å². The van der Waals surface area contributed by atoms with Crippen molar-refractivity contribution in [3.05, 3.63) is 35.7 Å². The molecule has 1 heterocycles. The summed E-state index contributed by atoms with van der Waals surface area (Å²) in [7, 11) is 0. The summed E-state index contributed by atoms with van der Waals surface area (Å²) >= 11 is 1.51. The predicted octanol–water partition coefficient (Wildman–Crippen LogP) is 3.97. The van der Waals surface area contributed by atoms with Crippen LogP contribution in [-0.2, 0) is 10.5 Å². The van der Waals surface area contributed by atoms with Crippen LogP contribution in [0, 0.1) is 12.8 Å². The summed E-state index contributed by atoms with van der Waals surface area (Å²) in [4.78, 5) is 16.5. The minimum absolute atomic E-state index is 0.0991. The van der Waals surface area contributed by atoms with Crippen LogP contribution in [0.4, 0.5) is 0 Å². The second-order valence-corrected chi connectivity index (χ2v) is 7.79. The van der Waals surface area contributed by atoms with E-state index in [1.54, 1.807) is 0 Å². The molecule has 0 saturated heterocycles. The molecule has 0 unspecified atom stereocenters. The fraction of sp³-hybridized carbons (Fsp3) is 0.526. The van der Waals surface area contributed by atoms with Gasteiger partial charge in [0.05, 0.1) is 11.5 Å². The van der Waals surface area contributed by atoms with Crippen molar-refractivity contribution in [1.29, 1.82) is 0 Å². The minimum atomic E-state index is 0.0991. The second-order valence-electron chi connectivity index (χ2n) is 6.81. The van der Waals surface area contributed by atoms with Gasteiger partial charge in [-0.3, -0.25) is 4.79 Å². The van der Waals surface area contributed by atoms with Crippen LogP contribution in [0.3, 0.4) is 0 Å². The van der Waals surface area contributed by atoms with Crippen molar-refractivity contribution in [3.63, 3.8) is 0 Å². The maximum atomic E-state index is 12.1. The van der Waals surface area contributed by atoms with Gasteiger partial charge in [0.1, 0.15) is 0 Å². The van der Waals surface area contributed by atoms with Crippen LogP contribution in [0.15, 0.2) is 28.8 Å². The third kappa shape index (κ3) is 5.08. The van der Waals surface area contributed by atoms with Gasteiger partial charge in [-0.1, -0.05) is 54.8 Å². The van der Waals surface area contributed by atoms with Crippen LogP contribution < -0.4 is 5.32 Å². The molecule has 0 bridgehead atoms. The first-order chi connectivity index (χ1) is 12.1. The fourth-order valence-electron chi connectivity index (χ4n) is 3.14. The SMILES string of the molecule is Cc1ccc(-c2noc(CSCC(=O)N[C@@H]3CCCC[C@H]3C)n2)cc1. The van der Waals surface area contributed by atoms with Crippen molar-refractivity contribution in [2.24, 2.45) is 5.92 Å². The molecule has 1 aromatic heterocycles. The molecule has 1 aliphatic rings. The second kappa shape index (κ2) is 8.52. The summed E-state index contributed by atoms with van der Waals surface area (Å²) < 4.78 is 5.28. The smallest absolute Gasteiger partial charge is 0.236 e. The molecule has 0 aliphatic heterocycles. The first kappa shape index (κ1) is 18.0. The lowest BCUT2D eigenvalue weighted by atomic mass is 9.86. The van der Waals surface area contributed by atoms with Crippen LogP contribution in [-0.4, -0.2) is 27.8 Å². The number of benzene rings is 1. The summed E-state index contributed by atoms with van der Waals surface area (Å²) in [5.41, 5.74) is 2.14. The Morgan fingerprint density at radius 1 is 1.28 bits per heavy atom. The average molecular weight is 359 g/mol. The Hall–Kier alpha value is -1.82. The Bertz CT molecular complexity index is 699. The molecule has 1 aliphatic carbocycles. The van der Waals surface area contributed by atoms with Crippen LogP contribution >= 0.6 is 11.8 Å². The Balaban J connectivity index is 1.44. The first-order valence-electron chi connectivity index (χ1n) is 8.88. The molecule has 2 aromatic rings. The van der Waals surface area contributed by atoms with Gasteiger partial charge >= 0.3 is 0 Å². The Labute approximate surface area is 153 Å². The van der Waals surface area contributed by atoms with Crippen molar-refractivity contribution >= 4 is 17.7 Å². The summed E-state index contributed by atoms with van der Waals surface area (Å²) in [5, 5.41) is 7.18. The third-order valence-electron chi connectivity index (χ3n) is 4.69. The predicted molar refractivity (Wildman–Crippen MR) is 100 cm³/mol. The zero-order chi connectivity index (χ0) is 17.6. The number of rotatable bonds is 6. The number of hydrogen-bond donors (Lipinski definition) is 1. The fourth-order valence-corrected chi connectivity index (χ4v) is 3.81. The molecular formula is C19H25N3O2S. The van der Waals surface area contributed by atoms with Gasteiger partial charge in [0.25, 0.3) is 0 Å². The minimum Gasteiger partial charge on any atom is -0.352 e. The molecule has 6 heteroatoms. The Morgan fingerprint density at radius 3 is 2.80 bits per heavy atom. The van der Waals surface area contributed by atoms with Crippen molar-refractivity contribution in [1.82, 2.24) is 15.5 Å². The third-order valence-corrected chi connectivity index (χ3v) is 5.61. The highest BCUT2D eigenvalue weighted by Crippen LogP contribution is 2.24. The van der Waals surface area contributed by atoms with Gasteiger partial charge in [0.2, 0.25) is 17.6 Å². The van der Waals surface area contributed by atoms with E-state index in [-0.39, 0.29) is 5.91 Å². The van der Waals surface area contributed by atoms with E-state index in [2.05, 4.69) is 22.4 Å². The summed E-state index contributed by atoms with van der Waals surface area (Å²) in [6.07, 6.45) is 4.80. The molecule has 25 heavy (non-hydrogen) atoms. The standard InChI is InChI=1S/C19H25N3O2S/c1-13-7-9-15(10-8-13)19-21-18(24-22-19)12-25-11-17(23)20-16-6-4-3-5-14(16)2/h7-10,14,16H,3-6,11-12H2,1-2H3,(H,20,23)/t14-,16-/m1/s1. The van der Waals surface area contributed by atoms with Gasteiger partial charge in [-0.15, -0.1) is 11.8 Å². The largest absolute Gasteiger partial charge is 0.352 e.